The molecule has 0 bridgehead atoms. The number of carbonyl (C=O) groups is 3. The van der Waals surface area contributed by atoms with E-state index in [1.165, 1.54) is 0 Å². The van der Waals surface area contributed by atoms with Gasteiger partial charge in [-0.2, -0.15) is 0 Å². The minimum absolute atomic E-state index is 0.152. The van der Waals surface area contributed by atoms with Gasteiger partial charge in [0.25, 0.3) is 0 Å². The van der Waals surface area contributed by atoms with Crippen LogP contribution in [0.25, 0.3) is 0 Å². The maximum Gasteiger partial charge on any atom is 0.317 e. The van der Waals surface area contributed by atoms with E-state index in [-0.39, 0.29) is 24.4 Å². The first kappa shape index (κ1) is 15.6. The molecular formula is C14H23N3O4. The molecule has 0 spiro atoms. The van der Waals surface area contributed by atoms with Crippen LogP contribution >= 0.6 is 0 Å². The number of carbonyl (C=O) groups excluding carboxylic acids is 2. The predicted molar refractivity (Wildman–Crippen MR) is 75.4 cm³/mol. The van der Waals surface area contributed by atoms with Crippen LogP contribution in [0.5, 0.6) is 0 Å². The van der Waals surface area contributed by atoms with Crippen LogP contribution < -0.4 is 11.1 Å². The van der Waals surface area contributed by atoms with Gasteiger partial charge in [0.2, 0.25) is 5.91 Å². The highest BCUT2D eigenvalue weighted by molar-refractivity contribution is 5.80. The van der Waals surface area contributed by atoms with Crippen molar-refractivity contribution in [2.75, 3.05) is 19.6 Å². The van der Waals surface area contributed by atoms with Gasteiger partial charge in [0.15, 0.2) is 0 Å². The third-order valence-electron chi connectivity index (χ3n) is 4.70. The molecule has 0 aromatic heterocycles. The number of carboxylic acid groups (broad SMARTS) is 1. The minimum Gasteiger partial charge on any atom is -0.481 e. The van der Waals surface area contributed by atoms with Crippen LogP contribution in [0.2, 0.25) is 0 Å². The van der Waals surface area contributed by atoms with Crippen molar-refractivity contribution in [3.63, 3.8) is 0 Å². The van der Waals surface area contributed by atoms with Gasteiger partial charge < -0.3 is 21.1 Å². The van der Waals surface area contributed by atoms with Gasteiger partial charge in [0.05, 0.1) is 11.3 Å². The lowest BCUT2D eigenvalue weighted by Gasteiger charge is -2.32. The molecule has 1 aliphatic heterocycles. The monoisotopic (exact) mass is 297 g/mol. The van der Waals surface area contributed by atoms with E-state index >= 15 is 0 Å². The van der Waals surface area contributed by atoms with E-state index in [0.29, 0.717) is 32.4 Å². The molecule has 1 heterocycles. The van der Waals surface area contributed by atoms with E-state index in [1.54, 1.807) is 4.90 Å². The maximum absolute atomic E-state index is 12.2. The average molecular weight is 297 g/mol. The molecule has 2 fully saturated rings. The molecule has 1 saturated carbocycles. The molecule has 2 aliphatic rings. The number of primary amides is 1. The number of aliphatic carboxylic acids is 1. The van der Waals surface area contributed by atoms with Gasteiger partial charge in [0.1, 0.15) is 0 Å². The van der Waals surface area contributed by atoms with Crippen molar-refractivity contribution < 1.29 is 19.5 Å². The van der Waals surface area contributed by atoms with Gasteiger partial charge in [-0.05, 0) is 25.7 Å². The summed E-state index contributed by atoms with van der Waals surface area (Å²) < 4.78 is 0. The van der Waals surface area contributed by atoms with Gasteiger partial charge >= 0.3 is 12.0 Å². The molecule has 0 aromatic carbocycles. The van der Waals surface area contributed by atoms with Crippen molar-refractivity contribution in [3.8, 4) is 0 Å². The molecule has 1 saturated heterocycles. The van der Waals surface area contributed by atoms with Crippen molar-refractivity contribution in [3.05, 3.63) is 0 Å². The number of likely N-dealkylation sites (tertiary alicyclic amines) is 1. The van der Waals surface area contributed by atoms with Crippen LogP contribution in [-0.2, 0) is 9.59 Å². The summed E-state index contributed by atoms with van der Waals surface area (Å²) in [4.78, 5) is 36.4. The highest BCUT2D eigenvalue weighted by atomic mass is 16.4. The Bertz CT molecular complexity index is 432. The molecular weight excluding hydrogens is 274 g/mol. The quantitative estimate of drug-likeness (QED) is 0.702. The molecule has 1 aliphatic carbocycles. The molecule has 7 heteroatoms. The lowest BCUT2D eigenvalue weighted by Crippen LogP contribution is -2.51. The first-order valence-corrected chi connectivity index (χ1v) is 7.50. The van der Waals surface area contributed by atoms with Crippen LogP contribution in [0.1, 0.15) is 38.5 Å². The van der Waals surface area contributed by atoms with E-state index < -0.39 is 11.4 Å². The van der Waals surface area contributed by atoms with Gasteiger partial charge in [-0.15, -0.1) is 0 Å². The SMILES string of the molecule is NC(=O)C1CCCN(C(=O)NCC2(C(=O)O)CCCC2)C1. The van der Waals surface area contributed by atoms with E-state index in [2.05, 4.69) is 5.32 Å². The number of nitrogens with two attached hydrogens (primary N) is 1. The summed E-state index contributed by atoms with van der Waals surface area (Å²) in [5.74, 6) is -1.52. The second-order valence-corrected chi connectivity index (χ2v) is 6.14. The van der Waals surface area contributed by atoms with Crippen LogP contribution in [0.15, 0.2) is 0 Å². The van der Waals surface area contributed by atoms with Crippen molar-refractivity contribution in [1.29, 1.82) is 0 Å². The zero-order valence-electron chi connectivity index (χ0n) is 12.1. The summed E-state index contributed by atoms with van der Waals surface area (Å²) in [5, 5.41) is 12.1. The van der Waals surface area contributed by atoms with Gasteiger partial charge in [-0.25, -0.2) is 4.79 Å². The molecule has 21 heavy (non-hydrogen) atoms. The van der Waals surface area contributed by atoms with E-state index in [4.69, 9.17) is 5.73 Å². The molecule has 3 amide bonds. The summed E-state index contributed by atoms with van der Waals surface area (Å²) in [6.45, 7) is 1.05. The van der Waals surface area contributed by atoms with E-state index in [9.17, 15) is 19.5 Å². The van der Waals surface area contributed by atoms with Crippen LogP contribution in [0.3, 0.4) is 0 Å². The number of amides is 3. The van der Waals surface area contributed by atoms with Crippen molar-refractivity contribution in [2.45, 2.75) is 38.5 Å². The Kier molecular flexibility index (Phi) is 4.69. The Morgan fingerprint density at radius 3 is 2.48 bits per heavy atom. The lowest BCUT2D eigenvalue weighted by atomic mass is 9.86. The Balaban J connectivity index is 1.89. The highest BCUT2D eigenvalue weighted by Gasteiger charge is 2.41. The zero-order valence-corrected chi connectivity index (χ0v) is 12.1. The molecule has 4 N–H and O–H groups in total. The number of piperidine rings is 1. The number of rotatable bonds is 4. The molecule has 7 nitrogen and oxygen atoms in total. The smallest absolute Gasteiger partial charge is 0.317 e. The van der Waals surface area contributed by atoms with Gasteiger partial charge in [0, 0.05) is 19.6 Å². The minimum atomic E-state index is -0.839. The number of urea groups is 1. The summed E-state index contributed by atoms with van der Waals surface area (Å²) in [6.07, 6.45) is 4.42. The number of carboxylic acids is 1. The highest BCUT2D eigenvalue weighted by Crippen LogP contribution is 2.37. The predicted octanol–water partition coefficient (Wildman–Crippen LogP) is 0.538. The average Bonchev–Trinajstić information content (AvgIpc) is 2.95. The lowest BCUT2D eigenvalue weighted by molar-refractivity contribution is -0.148. The summed E-state index contributed by atoms with van der Waals surface area (Å²) in [6, 6.07) is -0.298. The third-order valence-corrected chi connectivity index (χ3v) is 4.70. The standard InChI is InChI=1S/C14H23N3O4/c15-11(18)10-4-3-7-17(8-10)13(21)16-9-14(12(19)20)5-1-2-6-14/h10H,1-9H2,(H2,15,18)(H,16,21)(H,19,20). The van der Waals surface area contributed by atoms with Crippen LogP contribution in [-0.4, -0.2) is 47.5 Å². The van der Waals surface area contributed by atoms with Gasteiger partial charge in [-0.3, -0.25) is 9.59 Å². The Hall–Kier alpha value is -1.79. The summed E-state index contributed by atoms with van der Waals surface area (Å²) in [5.41, 5.74) is 4.46. The second kappa shape index (κ2) is 6.32. The molecule has 0 radical (unpaired) electrons. The van der Waals surface area contributed by atoms with E-state index in [1.807, 2.05) is 0 Å². The van der Waals surface area contributed by atoms with Crippen LogP contribution in [0, 0.1) is 11.3 Å². The van der Waals surface area contributed by atoms with Crippen molar-refractivity contribution in [1.82, 2.24) is 10.2 Å². The Morgan fingerprint density at radius 1 is 1.24 bits per heavy atom. The number of nitrogens with one attached hydrogen (secondary N) is 1. The third kappa shape index (κ3) is 3.46. The molecule has 118 valence electrons. The topological polar surface area (TPSA) is 113 Å². The van der Waals surface area contributed by atoms with Crippen molar-refractivity contribution >= 4 is 17.9 Å². The Labute approximate surface area is 123 Å². The van der Waals surface area contributed by atoms with Crippen LogP contribution in [0.4, 0.5) is 4.79 Å². The number of nitrogens with zero attached hydrogens (tertiary/aromatic N) is 1. The second-order valence-electron chi connectivity index (χ2n) is 6.14. The fraction of sp³-hybridized carbons (Fsp3) is 0.786. The summed E-state index contributed by atoms with van der Waals surface area (Å²) in [7, 11) is 0. The Morgan fingerprint density at radius 2 is 1.90 bits per heavy atom. The first-order chi connectivity index (χ1) is 9.94. The first-order valence-electron chi connectivity index (χ1n) is 7.50. The number of hydrogen-bond acceptors (Lipinski definition) is 3. The zero-order chi connectivity index (χ0) is 15.5. The molecule has 2 rings (SSSR count). The fourth-order valence-electron chi connectivity index (χ4n) is 3.27. The van der Waals surface area contributed by atoms with Crippen molar-refractivity contribution in [2.24, 2.45) is 17.1 Å². The summed E-state index contributed by atoms with van der Waals surface area (Å²) >= 11 is 0. The molecule has 1 atom stereocenters. The molecule has 1 unspecified atom stereocenters. The maximum atomic E-state index is 12.2. The van der Waals surface area contributed by atoms with E-state index in [0.717, 1.165) is 19.3 Å². The normalized spacial score (nSPS) is 24.6. The molecule has 0 aromatic rings. The number of hydrogen-bond donors (Lipinski definition) is 3. The fourth-order valence-corrected chi connectivity index (χ4v) is 3.27. The van der Waals surface area contributed by atoms with Gasteiger partial charge in [-0.1, -0.05) is 12.8 Å². The largest absolute Gasteiger partial charge is 0.481 e.